The molecule has 3 aliphatic heterocycles. The van der Waals surface area contributed by atoms with Crippen LogP contribution < -0.4 is 10.6 Å². The Balaban J connectivity index is 1.53. The number of methoxy groups -OCH3 is 1. The fourth-order valence-electron chi connectivity index (χ4n) is 4.98. The van der Waals surface area contributed by atoms with Crippen LogP contribution in [0.2, 0.25) is 0 Å². The fourth-order valence-corrected chi connectivity index (χ4v) is 4.98. The van der Waals surface area contributed by atoms with Gasteiger partial charge in [0.05, 0.1) is 7.11 Å². The second-order valence-corrected chi connectivity index (χ2v) is 8.88. The molecule has 0 bridgehead atoms. The second-order valence-electron chi connectivity index (χ2n) is 8.88. The Morgan fingerprint density at radius 3 is 2.31 bits per heavy atom. The van der Waals surface area contributed by atoms with Crippen LogP contribution >= 0.6 is 0 Å². The van der Waals surface area contributed by atoms with Crippen LogP contribution in [0.3, 0.4) is 0 Å². The molecule has 3 saturated heterocycles. The molecule has 3 rings (SSSR count). The fraction of sp³-hybridized carbons (Fsp3) is 0.905. The molecule has 8 nitrogen and oxygen atoms in total. The maximum atomic E-state index is 11.7. The number of ether oxygens (including phenoxy) is 1. The Bertz CT molecular complexity index is 547. The number of guanidine groups is 1. The molecule has 0 aromatic carbocycles. The number of hydrogen-bond donors (Lipinski definition) is 2. The van der Waals surface area contributed by atoms with Crippen LogP contribution in [0.4, 0.5) is 4.79 Å². The molecule has 8 heteroatoms. The van der Waals surface area contributed by atoms with E-state index in [2.05, 4.69) is 32.5 Å². The van der Waals surface area contributed by atoms with Crippen molar-refractivity contribution in [3.8, 4) is 0 Å². The van der Waals surface area contributed by atoms with Gasteiger partial charge in [0.2, 0.25) is 0 Å². The zero-order valence-electron chi connectivity index (χ0n) is 18.6. The van der Waals surface area contributed by atoms with Gasteiger partial charge in [-0.1, -0.05) is 6.42 Å². The summed E-state index contributed by atoms with van der Waals surface area (Å²) in [7, 11) is 5.52. The molecule has 0 aromatic rings. The smallest absolute Gasteiger partial charge is 0.409 e. The summed E-state index contributed by atoms with van der Waals surface area (Å²) in [6.45, 7) is 7.18. The van der Waals surface area contributed by atoms with Crippen LogP contribution in [-0.2, 0) is 4.74 Å². The van der Waals surface area contributed by atoms with E-state index in [1.165, 1.54) is 52.3 Å². The summed E-state index contributed by atoms with van der Waals surface area (Å²) in [4.78, 5) is 23.1. The van der Waals surface area contributed by atoms with E-state index in [9.17, 15) is 4.79 Å². The Kier molecular flexibility index (Phi) is 8.00. The summed E-state index contributed by atoms with van der Waals surface area (Å²) in [5, 5.41) is 7.24. The first kappa shape index (κ1) is 22.2. The Hall–Kier alpha value is -1.54. The standard InChI is InChI=1S/C21H40N6O2/c1-22-19(24-18-7-13-26(14-8-18)20(28)29-3)23-17-21(9-15-25(2)16-10-21)27-11-5-4-6-12-27/h18H,4-17H2,1-3H3,(H2,22,23,24). The molecule has 0 aromatic heterocycles. The van der Waals surface area contributed by atoms with Crippen molar-refractivity contribution in [1.82, 2.24) is 25.3 Å². The van der Waals surface area contributed by atoms with E-state index in [0.717, 1.165) is 51.5 Å². The van der Waals surface area contributed by atoms with Crippen molar-refractivity contribution >= 4 is 12.1 Å². The summed E-state index contributed by atoms with van der Waals surface area (Å²) in [6.07, 6.45) is 8.04. The molecule has 0 radical (unpaired) electrons. The second kappa shape index (κ2) is 10.5. The predicted octanol–water partition coefficient (Wildman–Crippen LogP) is 1.33. The third kappa shape index (κ3) is 5.75. The third-order valence-corrected chi connectivity index (χ3v) is 7.02. The van der Waals surface area contributed by atoms with Gasteiger partial charge in [0, 0.05) is 38.3 Å². The van der Waals surface area contributed by atoms with Crippen LogP contribution in [0, 0.1) is 0 Å². The SMILES string of the molecule is CN=C(NCC1(N2CCCCC2)CCN(C)CC1)NC1CCN(C(=O)OC)CC1. The molecule has 29 heavy (non-hydrogen) atoms. The Morgan fingerprint density at radius 1 is 1.07 bits per heavy atom. The number of nitrogens with one attached hydrogen (secondary N) is 2. The summed E-state index contributed by atoms with van der Waals surface area (Å²) in [5.74, 6) is 0.886. The summed E-state index contributed by atoms with van der Waals surface area (Å²) < 4.78 is 4.83. The van der Waals surface area contributed by atoms with Crippen molar-refractivity contribution in [2.75, 3.05) is 67.0 Å². The van der Waals surface area contributed by atoms with Crippen LogP contribution in [0.25, 0.3) is 0 Å². The van der Waals surface area contributed by atoms with E-state index < -0.39 is 0 Å². The van der Waals surface area contributed by atoms with E-state index >= 15 is 0 Å². The van der Waals surface area contributed by atoms with Gasteiger partial charge in [0.15, 0.2) is 5.96 Å². The monoisotopic (exact) mass is 408 g/mol. The van der Waals surface area contributed by atoms with Gasteiger partial charge >= 0.3 is 6.09 Å². The van der Waals surface area contributed by atoms with Crippen molar-refractivity contribution in [2.45, 2.75) is 56.5 Å². The van der Waals surface area contributed by atoms with E-state index in [1.807, 2.05) is 7.05 Å². The highest BCUT2D eigenvalue weighted by molar-refractivity contribution is 5.80. The van der Waals surface area contributed by atoms with Crippen molar-refractivity contribution in [2.24, 2.45) is 4.99 Å². The first-order chi connectivity index (χ1) is 14.1. The molecule has 166 valence electrons. The molecular formula is C21H40N6O2. The van der Waals surface area contributed by atoms with Crippen LogP contribution in [0.1, 0.15) is 44.9 Å². The quantitative estimate of drug-likeness (QED) is 0.540. The lowest BCUT2D eigenvalue weighted by Gasteiger charge is -2.50. The summed E-state index contributed by atoms with van der Waals surface area (Å²) in [6, 6.07) is 0.338. The largest absolute Gasteiger partial charge is 0.453 e. The van der Waals surface area contributed by atoms with Gasteiger partial charge in [-0.05, 0) is 71.8 Å². The normalized spacial score (nSPS) is 24.9. The molecule has 3 aliphatic rings. The minimum atomic E-state index is -0.225. The number of aliphatic imine (C=N–C) groups is 1. The van der Waals surface area contributed by atoms with Gasteiger partial charge in [-0.2, -0.15) is 0 Å². The van der Waals surface area contributed by atoms with Gasteiger partial charge in [-0.3, -0.25) is 9.89 Å². The van der Waals surface area contributed by atoms with Crippen LogP contribution in [-0.4, -0.2) is 105 Å². The minimum Gasteiger partial charge on any atom is -0.453 e. The molecule has 3 fully saturated rings. The molecule has 0 atom stereocenters. The Labute approximate surface area is 176 Å². The molecule has 3 heterocycles. The molecule has 1 amide bonds. The third-order valence-electron chi connectivity index (χ3n) is 7.02. The number of piperidine rings is 3. The van der Waals surface area contributed by atoms with Gasteiger partial charge in [-0.15, -0.1) is 0 Å². The number of hydrogen-bond acceptors (Lipinski definition) is 5. The molecule has 0 saturated carbocycles. The number of rotatable bonds is 4. The zero-order valence-corrected chi connectivity index (χ0v) is 18.6. The minimum absolute atomic E-state index is 0.225. The lowest BCUT2D eigenvalue weighted by molar-refractivity contribution is 0.0172. The van der Waals surface area contributed by atoms with Gasteiger partial charge in [0.1, 0.15) is 0 Å². The zero-order chi connectivity index (χ0) is 20.7. The molecular weight excluding hydrogens is 368 g/mol. The average molecular weight is 409 g/mol. The number of carbonyl (C=O) groups excluding carboxylic acids is 1. The number of nitrogens with zero attached hydrogens (tertiary/aromatic N) is 4. The molecule has 0 spiro atoms. The maximum Gasteiger partial charge on any atom is 0.409 e. The first-order valence-corrected chi connectivity index (χ1v) is 11.3. The predicted molar refractivity (Wildman–Crippen MR) is 116 cm³/mol. The number of carbonyl (C=O) groups is 1. The van der Waals surface area contributed by atoms with Crippen LogP contribution in [0.5, 0.6) is 0 Å². The topological polar surface area (TPSA) is 72.4 Å². The van der Waals surface area contributed by atoms with E-state index in [-0.39, 0.29) is 11.6 Å². The number of amides is 1. The van der Waals surface area contributed by atoms with Crippen LogP contribution in [0.15, 0.2) is 4.99 Å². The lowest BCUT2D eigenvalue weighted by atomic mass is 9.84. The lowest BCUT2D eigenvalue weighted by Crippen LogP contribution is -2.62. The highest BCUT2D eigenvalue weighted by atomic mass is 16.5. The Morgan fingerprint density at radius 2 is 1.72 bits per heavy atom. The first-order valence-electron chi connectivity index (χ1n) is 11.3. The van der Waals surface area contributed by atoms with E-state index in [0.29, 0.717) is 6.04 Å². The van der Waals surface area contributed by atoms with Gasteiger partial charge in [0.25, 0.3) is 0 Å². The summed E-state index contributed by atoms with van der Waals surface area (Å²) >= 11 is 0. The van der Waals surface area contributed by atoms with Gasteiger partial charge in [-0.25, -0.2) is 4.79 Å². The maximum absolute atomic E-state index is 11.7. The van der Waals surface area contributed by atoms with Gasteiger partial charge < -0.3 is 25.2 Å². The molecule has 0 aliphatic carbocycles. The van der Waals surface area contributed by atoms with Crippen molar-refractivity contribution in [3.63, 3.8) is 0 Å². The van der Waals surface area contributed by atoms with E-state index in [4.69, 9.17) is 4.74 Å². The highest BCUT2D eigenvalue weighted by Gasteiger charge is 2.39. The average Bonchev–Trinajstić information content (AvgIpc) is 2.78. The van der Waals surface area contributed by atoms with Crippen molar-refractivity contribution in [3.05, 3.63) is 0 Å². The molecule has 2 N–H and O–H groups in total. The van der Waals surface area contributed by atoms with Crippen molar-refractivity contribution < 1.29 is 9.53 Å². The number of likely N-dealkylation sites (tertiary alicyclic amines) is 3. The van der Waals surface area contributed by atoms with Crippen molar-refractivity contribution in [1.29, 1.82) is 0 Å². The highest BCUT2D eigenvalue weighted by Crippen LogP contribution is 2.30. The molecule has 0 unspecified atom stereocenters. The van der Waals surface area contributed by atoms with E-state index in [1.54, 1.807) is 4.90 Å². The summed E-state index contributed by atoms with van der Waals surface area (Å²) in [5.41, 5.74) is 0.235.